The fraction of sp³-hybridized carbons (Fsp3) is 0.364. The number of aromatic nitrogens is 1. The first-order valence-corrected chi connectivity index (χ1v) is 9.63. The second-order valence-corrected chi connectivity index (χ2v) is 7.20. The number of benzene rings is 1. The van der Waals surface area contributed by atoms with Gasteiger partial charge in [0.05, 0.1) is 12.3 Å². The zero-order chi connectivity index (χ0) is 22.3. The number of hydrogen-bond acceptors (Lipinski definition) is 5. The number of ether oxygens (including phenoxy) is 1. The molecule has 1 N–H and O–H groups in total. The largest absolute Gasteiger partial charge is 0.476 e. The van der Waals surface area contributed by atoms with Gasteiger partial charge in [0.25, 0.3) is 0 Å². The number of halogens is 1. The number of rotatable bonds is 9. The van der Waals surface area contributed by atoms with E-state index in [-0.39, 0.29) is 36.3 Å². The van der Waals surface area contributed by atoms with E-state index >= 15 is 0 Å². The molecule has 1 aromatic heterocycles. The molecule has 0 atom stereocenters. The number of carbonyl (C=O) groups excluding carboxylic acids is 2. The van der Waals surface area contributed by atoms with Gasteiger partial charge in [-0.3, -0.25) is 9.59 Å². The highest BCUT2D eigenvalue weighted by Crippen LogP contribution is 2.24. The monoisotopic (exact) mass is 416 g/mol. The Kier molecular flexibility index (Phi) is 8.03. The van der Waals surface area contributed by atoms with Gasteiger partial charge in [-0.1, -0.05) is 26.0 Å². The third kappa shape index (κ3) is 6.37. The number of aromatic carboxylic acids is 1. The molecule has 0 unspecified atom stereocenters. The van der Waals surface area contributed by atoms with Gasteiger partial charge in [0, 0.05) is 12.7 Å². The van der Waals surface area contributed by atoms with Crippen LogP contribution >= 0.6 is 0 Å². The highest BCUT2D eigenvalue weighted by atomic mass is 19.1. The lowest BCUT2D eigenvalue weighted by molar-refractivity contribution is -0.145. The summed E-state index contributed by atoms with van der Waals surface area (Å²) in [5, 5.41) is 9.57. The van der Waals surface area contributed by atoms with Crippen LogP contribution in [0.25, 0.3) is 0 Å². The van der Waals surface area contributed by atoms with Gasteiger partial charge in [0.2, 0.25) is 5.91 Å². The van der Waals surface area contributed by atoms with Gasteiger partial charge in [0.1, 0.15) is 12.2 Å². The standard InChI is InChI=1S/C22H25FN2O5/c1-4-30-20(27)11-19(26)25(13-14(2)3)18-10-16(12-24-21(18)22(28)29)9-15-5-7-17(23)8-6-15/h5-8,10,12,14H,4,9,11,13H2,1-3H3,(H,28,29). The smallest absolute Gasteiger partial charge is 0.356 e. The van der Waals surface area contributed by atoms with Crippen molar-refractivity contribution >= 4 is 23.5 Å². The highest BCUT2D eigenvalue weighted by Gasteiger charge is 2.26. The minimum atomic E-state index is -1.28. The van der Waals surface area contributed by atoms with E-state index < -0.39 is 24.3 Å². The van der Waals surface area contributed by atoms with Crippen LogP contribution in [-0.4, -0.2) is 41.1 Å². The van der Waals surface area contributed by atoms with Crippen molar-refractivity contribution in [2.45, 2.75) is 33.6 Å². The number of esters is 1. The zero-order valence-electron chi connectivity index (χ0n) is 17.2. The molecule has 8 heteroatoms. The van der Waals surface area contributed by atoms with Gasteiger partial charge in [-0.2, -0.15) is 0 Å². The summed E-state index contributed by atoms with van der Waals surface area (Å²) in [7, 11) is 0. The molecule has 0 bridgehead atoms. The van der Waals surface area contributed by atoms with Gasteiger partial charge in [-0.25, -0.2) is 14.2 Å². The van der Waals surface area contributed by atoms with Crippen molar-refractivity contribution in [3.05, 3.63) is 59.2 Å². The number of nitrogens with zero attached hydrogens (tertiary/aromatic N) is 2. The average Bonchev–Trinajstić information content (AvgIpc) is 2.67. The van der Waals surface area contributed by atoms with Crippen LogP contribution in [0.4, 0.5) is 10.1 Å². The molecule has 0 saturated heterocycles. The SMILES string of the molecule is CCOC(=O)CC(=O)N(CC(C)C)c1cc(Cc2ccc(F)cc2)cnc1C(=O)O. The van der Waals surface area contributed by atoms with Crippen molar-refractivity contribution in [1.82, 2.24) is 4.98 Å². The molecule has 7 nitrogen and oxygen atoms in total. The van der Waals surface area contributed by atoms with E-state index in [4.69, 9.17) is 4.74 Å². The quantitative estimate of drug-likeness (QED) is 0.497. The fourth-order valence-electron chi connectivity index (χ4n) is 2.93. The lowest BCUT2D eigenvalue weighted by atomic mass is 10.0. The molecule has 30 heavy (non-hydrogen) atoms. The lowest BCUT2D eigenvalue weighted by Crippen LogP contribution is -2.37. The third-order valence-electron chi connectivity index (χ3n) is 4.19. The summed E-state index contributed by atoms with van der Waals surface area (Å²) < 4.78 is 18.0. The molecule has 160 valence electrons. The summed E-state index contributed by atoms with van der Waals surface area (Å²) >= 11 is 0. The summed E-state index contributed by atoms with van der Waals surface area (Å²) in [4.78, 5) is 41.6. The minimum absolute atomic E-state index is 0.0125. The Morgan fingerprint density at radius 3 is 2.40 bits per heavy atom. The average molecular weight is 416 g/mol. The van der Waals surface area contributed by atoms with Gasteiger partial charge < -0.3 is 14.7 Å². The minimum Gasteiger partial charge on any atom is -0.476 e. The third-order valence-corrected chi connectivity index (χ3v) is 4.19. The van der Waals surface area contributed by atoms with E-state index in [0.29, 0.717) is 12.0 Å². The van der Waals surface area contributed by atoms with Gasteiger partial charge >= 0.3 is 11.9 Å². The topological polar surface area (TPSA) is 96.8 Å². The molecular weight excluding hydrogens is 391 g/mol. The van der Waals surface area contributed by atoms with E-state index in [1.54, 1.807) is 25.1 Å². The van der Waals surface area contributed by atoms with Crippen LogP contribution in [0.1, 0.15) is 48.8 Å². The Morgan fingerprint density at radius 1 is 1.17 bits per heavy atom. The molecule has 1 amide bonds. The van der Waals surface area contributed by atoms with Crippen molar-refractivity contribution in [1.29, 1.82) is 0 Å². The predicted octanol–water partition coefficient (Wildman–Crippen LogP) is 3.45. The second-order valence-electron chi connectivity index (χ2n) is 7.20. The van der Waals surface area contributed by atoms with Crippen LogP contribution in [0.3, 0.4) is 0 Å². The maximum Gasteiger partial charge on any atom is 0.356 e. The molecule has 1 heterocycles. The molecular formula is C22H25FN2O5. The number of pyridine rings is 1. The van der Waals surface area contributed by atoms with Crippen LogP contribution in [0.5, 0.6) is 0 Å². The normalized spacial score (nSPS) is 10.7. The van der Waals surface area contributed by atoms with Gasteiger partial charge in [-0.15, -0.1) is 0 Å². The molecule has 0 fully saturated rings. The van der Waals surface area contributed by atoms with Gasteiger partial charge in [-0.05, 0) is 48.6 Å². The summed E-state index contributed by atoms with van der Waals surface area (Å²) in [6.07, 6.45) is 1.29. The number of carboxylic acids is 1. The van der Waals surface area contributed by atoms with Gasteiger partial charge in [0.15, 0.2) is 5.69 Å². The molecule has 0 aliphatic heterocycles. The van der Waals surface area contributed by atoms with Crippen LogP contribution in [-0.2, 0) is 20.7 Å². The maximum atomic E-state index is 13.1. The number of amides is 1. The molecule has 2 rings (SSSR count). The van der Waals surface area contributed by atoms with Crippen LogP contribution in [0.2, 0.25) is 0 Å². The first-order valence-electron chi connectivity index (χ1n) is 9.63. The molecule has 0 saturated carbocycles. The van der Waals surface area contributed by atoms with E-state index in [1.165, 1.54) is 23.2 Å². The van der Waals surface area contributed by atoms with E-state index in [9.17, 15) is 23.9 Å². The maximum absolute atomic E-state index is 13.1. The summed E-state index contributed by atoms with van der Waals surface area (Å²) in [5.74, 6) is -2.87. The van der Waals surface area contributed by atoms with Crippen LogP contribution < -0.4 is 4.90 Å². The first-order chi connectivity index (χ1) is 14.2. The molecule has 1 aromatic carbocycles. The summed E-state index contributed by atoms with van der Waals surface area (Å²) in [6.45, 7) is 5.74. The Hall–Kier alpha value is -3.29. The lowest BCUT2D eigenvalue weighted by Gasteiger charge is -2.26. The van der Waals surface area contributed by atoms with Crippen molar-refractivity contribution in [3.8, 4) is 0 Å². The van der Waals surface area contributed by atoms with Crippen molar-refractivity contribution < 1.29 is 28.6 Å². The number of carbonyl (C=O) groups is 3. The summed E-state index contributed by atoms with van der Waals surface area (Å²) in [5.41, 5.74) is 1.29. The number of carboxylic acid groups (broad SMARTS) is 1. The molecule has 0 aliphatic carbocycles. The predicted molar refractivity (Wildman–Crippen MR) is 109 cm³/mol. The Labute approximate surface area is 174 Å². The molecule has 0 aliphatic rings. The molecule has 0 radical (unpaired) electrons. The Morgan fingerprint density at radius 2 is 1.83 bits per heavy atom. The van der Waals surface area contributed by atoms with E-state index in [2.05, 4.69) is 4.98 Å². The van der Waals surface area contributed by atoms with Crippen LogP contribution in [0, 0.1) is 11.7 Å². The second kappa shape index (κ2) is 10.5. The van der Waals surface area contributed by atoms with Crippen LogP contribution in [0.15, 0.2) is 36.5 Å². The zero-order valence-corrected chi connectivity index (χ0v) is 17.2. The molecule has 0 spiro atoms. The molecule has 2 aromatic rings. The van der Waals surface area contributed by atoms with Crippen molar-refractivity contribution in [2.24, 2.45) is 5.92 Å². The van der Waals surface area contributed by atoms with Crippen molar-refractivity contribution in [3.63, 3.8) is 0 Å². The Balaban J connectivity index is 2.42. The summed E-state index contributed by atoms with van der Waals surface area (Å²) in [6, 6.07) is 7.49. The van der Waals surface area contributed by atoms with Crippen molar-refractivity contribution in [2.75, 3.05) is 18.1 Å². The highest BCUT2D eigenvalue weighted by molar-refractivity contribution is 6.06. The fourth-order valence-corrected chi connectivity index (χ4v) is 2.93. The van der Waals surface area contributed by atoms with E-state index in [0.717, 1.165) is 5.56 Å². The number of hydrogen-bond donors (Lipinski definition) is 1. The Bertz CT molecular complexity index is 912. The first kappa shape index (κ1) is 23.0. The number of anilines is 1. The van der Waals surface area contributed by atoms with E-state index in [1.807, 2.05) is 13.8 Å².